The van der Waals surface area contributed by atoms with Crippen LogP contribution >= 0.6 is 0 Å². The molecule has 0 bridgehead atoms. The zero-order chi connectivity index (χ0) is 14.8. The molecule has 21 heavy (non-hydrogen) atoms. The third-order valence-corrected chi connectivity index (χ3v) is 3.22. The first-order valence-corrected chi connectivity index (χ1v) is 6.90. The molecule has 0 fully saturated rings. The van der Waals surface area contributed by atoms with Gasteiger partial charge in [-0.05, 0) is 25.1 Å². The normalized spacial score (nSPS) is 10.8. The second-order valence-corrected chi connectivity index (χ2v) is 4.85. The molecule has 0 aliphatic heterocycles. The molecule has 0 spiro atoms. The minimum Gasteiger partial charge on any atom is -0.311 e. The van der Waals surface area contributed by atoms with Crippen molar-refractivity contribution in [1.29, 1.82) is 0 Å². The Kier molecular flexibility index (Phi) is 3.39. The lowest BCUT2D eigenvalue weighted by Gasteiger charge is -2.08. The summed E-state index contributed by atoms with van der Waals surface area (Å²) < 4.78 is 1.66. The predicted octanol–water partition coefficient (Wildman–Crippen LogP) is 3.08. The van der Waals surface area contributed by atoms with Gasteiger partial charge in [0.25, 0.3) is 0 Å². The summed E-state index contributed by atoms with van der Waals surface area (Å²) in [6, 6.07) is 13.6. The monoisotopic (exact) mass is 280 g/mol. The van der Waals surface area contributed by atoms with Crippen LogP contribution in [0.1, 0.15) is 19.0 Å². The van der Waals surface area contributed by atoms with Crippen LogP contribution in [0.4, 0.5) is 5.82 Å². The number of aromatic nitrogens is 3. The van der Waals surface area contributed by atoms with E-state index in [1.54, 1.807) is 4.68 Å². The van der Waals surface area contributed by atoms with Gasteiger partial charge >= 0.3 is 0 Å². The van der Waals surface area contributed by atoms with E-state index in [0.29, 0.717) is 18.1 Å². The number of hydrogen-bond acceptors (Lipinski definition) is 3. The van der Waals surface area contributed by atoms with Crippen LogP contribution in [0.25, 0.3) is 16.7 Å². The van der Waals surface area contributed by atoms with Gasteiger partial charge in [-0.3, -0.25) is 4.79 Å². The standard InChI is InChI=1S/C16H16N4O/c1-3-16(21)18-15-10-11(2)19-20(15)14-9-8-12-6-4-5-7-13(12)17-14/h4-10H,3H2,1-2H3,(H,18,21). The van der Waals surface area contributed by atoms with Crippen molar-refractivity contribution in [1.82, 2.24) is 14.8 Å². The van der Waals surface area contributed by atoms with Gasteiger partial charge in [-0.25, -0.2) is 4.98 Å². The van der Waals surface area contributed by atoms with Gasteiger partial charge in [0.15, 0.2) is 5.82 Å². The van der Waals surface area contributed by atoms with Crippen molar-refractivity contribution < 1.29 is 4.79 Å². The van der Waals surface area contributed by atoms with Crippen LogP contribution in [0.15, 0.2) is 42.5 Å². The number of nitrogens with zero attached hydrogens (tertiary/aromatic N) is 3. The Morgan fingerprint density at radius 1 is 1.24 bits per heavy atom. The third kappa shape index (κ3) is 2.63. The molecule has 0 radical (unpaired) electrons. The average molecular weight is 280 g/mol. The topological polar surface area (TPSA) is 59.8 Å². The largest absolute Gasteiger partial charge is 0.311 e. The Morgan fingerprint density at radius 3 is 2.86 bits per heavy atom. The van der Waals surface area contributed by atoms with E-state index in [-0.39, 0.29) is 5.91 Å². The van der Waals surface area contributed by atoms with Gasteiger partial charge in [0, 0.05) is 17.9 Å². The van der Waals surface area contributed by atoms with Gasteiger partial charge in [-0.15, -0.1) is 0 Å². The zero-order valence-electron chi connectivity index (χ0n) is 12.0. The highest BCUT2D eigenvalue weighted by Crippen LogP contribution is 2.19. The van der Waals surface area contributed by atoms with E-state index in [2.05, 4.69) is 15.4 Å². The maximum Gasteiger partial charge on any atom is 0.225 e. The molecule has 5 nitrogen and oxygen atoms in total. The van der Waals surface area contributed by atoms with Crippen molar-refractivity contribution in [2.45, 2.75) is 20.3 Å². The van der Waals surface area contributed by atoms with Crippen LogP contribution < -0.4 is 5.32 Å². The van der Waals surface area contributed by atoms with E-state index in [4.69, 9.17) is 0 Å². The molecule has 106 valence electrons. The number of para-hydroxylation sites is 1. The van der Waals surface area contributed by atoms with Crippen LogP contribution in [-0.2, 0) is 4.79 Å². The average Bonchev–Trinajstić information content (AvgIpc) is 2.87. The van der Waals surface area contributed by atoms with E-state index in [0.717, 1.165) is 16.6 Å². The second kappa shape index (κ2) is 5.36. The lowest BCUT2D eigenvalue weighted by atomic mass is 10.2. The molecule has 5 heteroatoms. The van der Waals surface area contributed by atoms with Crippen LogP contribution in [0.2, 0.25) is 0 Å². The third-order valence-electron chi connectivity index (χ3n) is 3.22. The van der Waals surface area contributed by atoms with Gasteiger partial charge in [0.05, 0.1) is 11.2 Å². The number of pyridine rings is 1. The van der Waals surface area contributed by atoms with Crippen molar-refractivity contribution in [3.8, 4) is 5.82 Å². The Morgan fingerprint density at radius 2 is 2.05 bits per heavy atom. The fraction of sp³-hybridized carbons (Fsp3) is 0.188. The molecule has 1 amide bonds. The molecule has 0 aliphatic rings. The first-order valence-electron chi connectivity index (χ1n) is 6.90. The molecular formula is C16H16N4O. The summed E-state index contributed by atoms with van der Waals surface area (Å²) in [5.41, 5.74) is 1.73. The summed E-state index contributed by atoms with van der Waals surface area (Å²) in [5.74, 6) is 1.28. The molecule has 0 unspecified atom stereocenters. The molecule has 0 atom stereocenters. The van der Waals surface area contributed by atoms with E-state index in [9.17, 15) is 4.79 Å². The summed E-state index contributed by atoms with van der Waals surface area (Å²) in [5, 5.41) is 8.34. The van der Waals surface area contributed by atoms with Gasteiger partial charge in [0.1, 0.15) is 5.82 Å². The Bertz CT molecular complexity index is 807. The van der Waals surface area contributed by atoms with Crippen molar-refractivity contribution in [3.05, 3.63) is 48.2 Å². The molecule has 3 rings (SSSR count). The summed E-state index contributed by atoms with van der Waals surface area (Å²) in [6.45, 7) is 3.70. The van der Waals surface area contributed by atoms with Gasteiger partial charge in [-0.2, -0.15) is 9.78 Å². The highest BCUT2D eigenvalue weighted by molar-refractivity contribution is 5.90. The summed E-state index contributed by atoms with van der Waals surface area (Å²) in [7, 11) is 0. The minimum atomic E-state index is -0.0445. The predicted molar refractivity (Wildman–Crippen MR) is 82.5 cm³/mol. The summed E-state index contributed by atoms with van der Waals surface area (Å²) >= 11 is 0. The van der Waals surface area contributed by atoms with E-state index in [1.807, 2.05) is 56.3 Å². The number of anilines is 1. The molecule has 0 saturated heterocycles. The first-order chi connectivity index (χ1) is 10.2. The molecule has 0 aliphatic carbocycles. The molecule has 1 aromatic carbocycles. The smallest absolute Gasteiger partial charge is 0.225 e. The summed E-state index contributed by atoms with van der Waals surface area (Å²) in [4.78, 5) is 16.2. The highest BCUT2D eigenvalue weighted by atomic mass is 16.1. The quantitative estimate of drug-likeness (QED) is 0.802. The first kappa shape index (κ1) is 13.3. The number of amides is 1. The number of nitrogens with one attached hydrogen (secondary N) is 1. The maximum atomic E-state index is 11.6. The van der Waals surface area contributed by atoms with Crippen LogP contribution in [-0.4, -0.2) is 20.7 Å². The minimum absolute atomic E-state index is 0.0445. The molecule has 2 heterocycles. The van der Waals surface area contributed by atoms with Crippen LogP contribution in [0, 0.1) is 6.92 Å². The fourth-order valence-corrected chi connectivity index (χ4v) is 2.17. The maximum absolute atomic E-state index is 11.6. The van der Waals surface area contributed by atoms with Crippen molar-refractivity contribution >= 4 is 22.6 Å². The Labute approximate surface area is 122 Å². The van der Waals surface area contributed by atoms with Crippen molar-refractivity contribution in [2.75, 3.05) is 5.32 Å². The molecular weight excluding hydrogens is 264 g/mol. The molecule has 3 aromatic rings. The Balaban J connectivity index is 2.07. The number of aryl methyl sites for hydroxylation is 1. The number of hydrogen-bond donors (Lipinski definition) is 1. The number of carbonyl (C=O) groups is 1. The second-order valence-electron chi connectivity index (χ2n) is 4.85. The number of fused-ring (bicyclic) bond motifs is 1. The van der Waals surface area contributed by atoms with Gasteiger partial charge in [-0.1, -0.05) is 25.1 Å². The lowest BCUT2D eigenvalue weighted by Crippen LogP contribution is -2.14. The van der Waals surface area contributed by atoms with E-state index in [1.165, 1.54) is 0 Å². The SMILES string of the molecule is CCC(=O)Nc1cc(C)nn1-c1ccc2ccccc2n1. The van der Waals surface area contributed by atoms with Gasteiger partial charge in [0.2, 0.25) is 5.91 Å². The number of carbonyl (C=O) groups excluding carboxylic acids is 1. The number of rotatable bonds is 3. The lowest BCUT2D eigenvalue weighted by molar-refractivity contribution is -0.115. The molecule has 2 aromatic heterocycles. The highest BCUT2D eigenvalue weighted by Gasteiger charge is 2.11. The van der Waals surface area contributed by atoms with E-state index >= 15 is 0 Å². The van der Waals surface area contributed by atoms with E-state index < -0.39 is 0 Å². The van der Waals surface area contributed by atoms with Crippen LogP contribution in [0.5, 0.6) is 0 Å². The number of benzene rings is 1. The van der Waals surface area contributed by atoms with Crippen molar-refractivity contribution in [2.24, 2.45) is 0 Å². The zero-order valence-corrected chi connectivity index (χ0v) is 12.0. The molecule has 0 saturated carbocycles. The van der Waals surface area contributed by atoms with Crippen molar-refractivity contribution in [3.63, 3.8) is 0 Å². The van der Waals surface area contributed by atoms with Gasteiger partial charge < -0.3 is 5.32 Å². The van der Waals surface area contributed by atoms with Crippen LogP contribution in [0.3, 0.4) is 0 Å². The Hall–Kier alpha value is -2.69. The molecule has 1 N–H and O–H groups in total. The summed E-state index contributed by atoms with van der Waals surface area (Å²) in [6.07, 6.45) is 0.426. The fourth-order valence-electron chi connectivity index (χ4n) is 2.17.